The van der Waals surface area contributed by atoms with Gasteiger partial charge >= 0.3 is 0 Å². The number of pyridine rings is 1. The number of hydrogen-bond donors (Lipinski definition) is 1. The molecule has 0 aliphatic carbocycles. The smallest absolute Gasteiger partial charge is 0.141 e. The summed E-state index contributed by atoms with van der Waals surface area (Å²) in [5.74, 6) is 0.778. The quantitative estimate of drug-likeness (QED) is 0.727. The van der Waals surface area contributed by atoms with Crippen LogP contribution in [0.5, 0.6) is 0 Å². The first kappa shape index (κ1) is 15.4. The van der Waals surface area contributed by atoms with Crippen molar-refractivity contribution in [3.63, 3.8) is 0 Å². The number of hydrogen-bond acceptors (Lipinski definition) is 4. The predicted molar refractivity (Wildman–Crippen MR) is 100 cm³/mol. The fourth-order valence-electron chi connectivity index (χ4n) is 3.38. The molecule has 124 valence electrons. The molecule has 4 rings (SSSR count). The Bertz CT molecular complexity index is 993. The van der Waals surface area contributed by atoms with Crippen molar-refractivity contribution in [2.45, 2.75) is 20.8 Å². The number of nitrogens with zero attached hydrogens (tertiary/aromatic N) is 2. The van der Waals surface area contributed by atoms with Crippen LogP contribution >= 0.6 is 0 Å². The highest BCUT2D eigenvalue weighted by atomic mass is 16.5. The van der Waals surface area contributed by atoms with Crippen LogP contribution in [0, 0.1) is 20.8 Å². The molecule has 1 aliphatic rings. The molecule has 0 atom stereocenters. The van der Waals surface area contributed by atoms with E-state index in [1.165, 1.54) is 5.56 Å². The second kappa shape index (κ2) is 5.74. The van der Waals surface area contributed by atoms with Crippen molar-refractivity contribution in [2.75, 3.05) is 5.32 Å². The van der Waals surface area contributed by atoms with Crippen LogP contribution in [-0.2, 0) is 0 Å². The summed E-state index contributed by atoms with van der Waals surface area (Å²) >= 11 is 0. The summed E-state index contributed by atoms with van der Waals surface area (Å²) < 4.78 is 5.42. The predicted octanol–water partition coefficient (Wildman–Crippen LogP) is 4.89. The number of benzene rings is 1. The average molecular weight is 329 g/mol. The van der Waals surface area contributed by atoms with E-state index in [2.05, 4.69) is 47.2 Å². The Morgan fingerprint density at radius 2 is 1.88 bits per heavy atom. The summed E-state index contributed by atoms with van der Waals surface area (Å²) in [4.78, 5) is 4.61. The zero-order valence-corrected chi connectivity index (χ0v) is 14.6. The topological polar surface area (TPSA) is 51.0 Å². The highest BCUT2D eigenvalue weighted by molar-refractivity contribution is 6.10. The van der Waals surface area contributed by atoms with Crippen LogP contribution in [0.1, 0.15) is 33.8 Å². The number of anilines is 1. The molecule has 1 aliphatic heterocycles. The van der Waals surface area contributed by atoms with Gasteiger partial charge in [-0.2, -0.15) is 0 Å². The first-order chi connectivity index (χ1) is 12.1. The molecule has 0 saturated heterocycles. The fraction of sp³-hybridized carbons (Fsp3) is 0.143. The maximum absolute atomic E-state index is 5.42. The number of aromatic nitrogens is 2. The minimum Gasteiger partial charge on any atom is -0.361 e. The lowest BCUT2D eigenvalue weighted by Crippen LogP contribution is -2.13. The van der Waals surface area contributed by atoms with Gasteiger partial charge in [0.2, 0.25) is 0 Å². The van der Waals surface area contributed by atoms with E-state index >= 15 is 0 Å². The summed E-state index contributed by atoms with van der Waals surface area (Å²) in [6, 6.07) is 12.3. The van der Waals surface area contributed by atoms with Gasteiger partial charge in [-0.1, -0.05) is 29.4 Å². The Labute approximate surface area is 146 Å². The lowest BCUT2D eigenvalue weighted by molar-refractivity contribution is 0.393. The molecule has 3 aromatic rings. The maximum Gasteiger partial charge on any atom is 0.141 e. The molecular weight excluding hydrogens is 310 g/mol. The molecule has 3 heterocycles. The lowest BCUT2D eigenvalue weighted by atomic mass is 9.85. The molecule has 0 saturated carbocycles. The van der Waals surface area contributed by atoms with Crippen LogP contribution in [0.2, 0.25) is 0 Å². The van der Waals surface area contributed by atoms with E-state index in [0.29, 0.717) is 0 Å². The van der Waals surface area contributed by atoms with Crippen LogP contribution in [0.3, 0.4) is 0 Å². The third kappa shape index (κ3) is 2.47. The molecule has 4 nitrogen and oxygen atoms in total. The summed E-state index contributed by atoms with van der Waals surface area (Å²) in [5.41, 5.74) is 8.95. The van der Waals surface area contributed by atoms with E-state index in [0.717, 1.165) is 50.8 Å². The van der Waals surface area contributed by atoms with Gasteiger partial charge in [0.1, 0.15) is 5.76 Å². The van der Waals surface area contributed by atoms with Gasteiger partial charge in [-0.05, 0) is 45.0 Å². The second-order valence-corrected chi connectivity index (χ2v) is 6.32. The Balaban J connectivity index is 2.12. The number of nitrogens with one attached hydrogen (secondary N) is 1. The Morgan fingerprint density at radius 1 is 1.04 bits per heavy atom. The zero-order chi connectivity index (χ0) is 17.6. The van der Waals surface area contributed by atoms with Gasteiger partial charge in [-0.15, -0.1) is 0 Å². The van der Waals surface area contributed by atoms with E-state index in [1.54, 1.807) is 0 Å². The maximum atomic E-state index is 5.42. The first-order valence-electron chi connectivity index (χ1n) is 8.22. The van der Waals surface area contributed by atoms with E-state index < -0.39 is 0 Å². The van der Waals surface area contributed by atoms with Crippen LogP contribution < -0.4 is 5.32 Å². The van der Waals surface area contributed by atoms with Gasteiger partial charge in [-0.25, -0.2) is 0 Å². The lowest BCUT2D eigenvalue weighted by Gasteiger charge is -2.27. The van der Waals surface area contributed by atoms with Gasteiger partial charge in [0.15, 0.2) is 0 Å². The Kier molecular flexibility index (Phi) is 3.53. The number of fused-ring (bicyclic) bond motifs is 1. The number of allylic oxidation sites excluding steroid dienone is 1. The summed E-state index contributed by atoms with van der Waals surface area (Å²) in [5, 5.41) is 7.56. The van der Waals surface area contributed by atoms with Gasteiger partial charge in [-0.3, -0.25) is 4.98 Å². The Morgan fingerprint density at radius 3 is 2.56 bits per heavy atom. The summed E-state index contributed by atoms with van der Waals surface area (Å²) in [6.07, 6.45) is 1.81. The third-order valence-electron chi connectivity index (χ3n) is 4.49. The molecule has 0 fully saturated rings. The molecule has 1 N–H and O–H groups in total. The van der Waals surface area contributed by atoms with Crippen LogP contribution in [0.4, 0.5) is 5.69 Å². The molecule has 0 spiro atoms. The molecule has 0 bridgehead atoms. The first-order valence-corrected chi connectivity index (χ1v) is 8.22. The SMILES string of the molecule is C=C1Nc2ccc(C)cc2C(c2ccccn2)=C1c1c(C)noc1C. The van der Waals surface area contributed by atoms with E-state index in [4.69, 9.17) is 4.52 Å². The largest absolute Gasteiger partial charge is 0.361 e. The third-order valence-corrected chi connectivity index (χ3v) is 4.49. The highest BCUT2D eigenvalue weighted by Crippen LogP contribution is 2.44. The fourth-order valence-corrected chi connectivity index (χ4v) is 3.38. The molecule has 2 aromatic heterocycles. The van der Waals surface area contributed by atoms with Gasteiger partial charge in [0.05, 0.1) is 11.4 Å². The molecule has 4 heteroatoms. The standard InChI is InChI=1S/C21H19N3O/c1-12-8-9-17-16(11-12)21(18-7-5-6-10-22-18)20(13(2)23-17)19-14(3)24-25-15(19)4/h5-11,23H,2H2,1,3-4H3. The van der Waals surface area contributed by atoms with E-state index in [9.17, 15) is 0 Å². The van der Waals surface area contributed by atoms with Crippen molar-refractivity contribution < 1.29 is 4.52 Å². The van der Waals surface area contributed by atoms with Crippen molar-refractivity contribution >= 4 is 16.8 Å². The zero-order valence-electron chi connectivity index (χ0n) is 14.6. The Hall–Kier alpha value is -3.14. The molecule has 1 aromatic carbocycles. The molecule has 0 amide bonds. The van der Waals surface area contributed by atoms with Gasteiger partial charge in [0.25, 0.3) is 0 Å². The normalized spacial score (nSPS) is 13.6. The summed E-state index contributed by atoms with van der Waals surface area (Å²) in [6.45, 7) is 10.2. The molecular formula is C21H19N3O. The molecule has 25 heavy (non-hydrogen) atoms. The molecule has 0 unspecified atom stereocenters. The molecule has 0 radical (unpaired) electrons. The van der Waals surface area contributed by atoms with E-state index in [1.807, 2.05) is 38.2 Å². The van der Waals surface area contributed by atoms with Gasteiger partial charge in [0, 0.05) is 39.9 Å². The van der Waals surface area contributed by atoms with Crippen molar-refractivity contribution in [3.8, 4) is 0 Å². The highest BCUT2D eigenvalue weighted by Gasteiger charge is 2.28. The average Bonchev–Trinajstić information content (AvgIpc) is 2.93. The minimum absolute atomic E-state index is 0.778. The monoisotopic (exact) mass is 329 g/mol. The number of rotatable bonds is 2. The van der Waals surface area contributed by atoms with Crippen LogP contribution in [0.25, 0.3) is 11.1 Å². The van der Waals surface area contributed by atoms with Gasteiger partial charge < -0.3 is 9.84 Å². The van der Waals surface area contributed by atoms with Crippen molar-refractivity contribution in [2.24, 2.45) is 0 Å². The van der Waals surface area contributed by atoms with Crippen LogP contribution in [0.15, 0.2) is 59.4 Å². The van der Waals surface area contributed by atoms with Crippen LogP contribution in [-0.4, -0.2) is 10.1 Å². The van der Waals surface area contributed by atoms with Crippen molar-refractivity contribution in [1.82, 2.24) is 10.1 Å². The second-order valence-electron chi connectivity index (χ2n) is 6.32. The minimum atomic E-state index is 0.778. The number of aryl methyl sites for hydroxylation is 3. The summed E-state index contributed by atoms with van der Waals surface area (Å²) in [7, 11) is 0. The van der Waals surface area contributed by atoms with E-state index in [-0.39, 0.29) is 0 Å². The van der Waals surface area contributed by atoms with Crippen molar-refractivity contribution in [3.05, 3.63) is 88.7 Å². The van der Waals surface area contributed by atoms with Crippen molar-refractivity contribution in [1.29, 1.82) is 0 Å².